The molecule has 2 aliphatic rings. The summed E-state index contributed by atoms with van der Waals surface area (Å²) in [7, 11) is 0. The van der Waals surface area contributed by atoms with E-state index in [1.807, 2.05) is 38.1 Å². The smallest absolute Gasteiger partial charge is 0.303 e. The maximum atomic E-state index is 12.6. The molecule has 0 bridgehead atoms. The number of aromatic nitrogens is 1. The van der Waals surface area contributed by atoms with Gasteiger partial charge in [0, 0.05) is 42.1 Å². The molecule has 1 saturated heterocycles. The molecule has 0 atom stereocenters. The molecular formula is C22H25N3O4. The molecule has 1 amide bonds. The molecule has 29 heavy (non-hydrogen) atoms. The molecule has 152 valence electrons. The second kappa shape index (κ2) is 7.75. The van der Waals surface area contributed by atoms with E-state index < -0.39 is 5.97 Å². The first kappa shape index (κ1) is 19.3. The van der Waals surface area contributed by atoms with Crippen LogP contribution in [-0.2, 0) is 20.7 Å². The van der Waals surface area contributed by atoms with Gasteiger partial charge in [-0.2, -0.15) is 0 Å². The number of amides is 1. The Hall–Kier alpha value is -3.06. The van der Waals surface area contributed by atoms with Gasteiger partial charge in [0.1, 0.15) is 0 Å². The van der Waals surface area contributed by atoms with Crippen LogP contribution >= 0.6 is 0 Å². The number of carboxylic acid groups (broad SMARTS) is 1. The number of carbonyl (C=O) groups excluding carboxylic acids is 1. The molecule has 0 aliphatic carbocycles. The minimum Gasteiger partial charge on any atom is -0.481 e. The van der Waals surface area contributed by atoms with E-state index >= 15 is 0 Å². The summed E-state index contributed by atoms with van der Waals surface area (Å²) in [5, 5.41) is 11.9. The van der Waals surface area contributed by atoms with Crippen LogP contribution in [-0.4, -0.2) is 48.3 Å². The number of carboxylic acids is 1. The van der Waals surface area contributed by atoms with Crippen LogP contribution in [0.2, 0.25) is 0 Å². The summed E-state index contributed by atoms with van der Waals surface area (Å²) in [5.41, 5.74) is 7.17. The van der Waals surface area contributed by atoms with Crippen molar-refractivity contribution in [2.45, 2.75) is 26.7 Å². The van der Waals surface area contributed by atoms with Crippen LogP contribution in [0.4, 0.5) is 11.4 Å². The quantitative estimate of drug-likeness (QED) is 0.677. The maximum Gasteiger partial charge on any atom is 0.303 e. The highest BCUT2D eigenvalue weighted by Crippen LogP contribution is 2.36. The van der Waals surface area contributed by atoms with E-state index in [-0.39, 0.29) is 12.3 Å². The molecule has 4 rings (SSSR count). The van der Waals surface area contributed by atoms with Gasteiger partial charge < -0.3 is 25.0 Å². The van der Waals surface area contributed by atoms with Crippen molar-refractivity contribution in [2.24, 2.45) is 0 Å². The molecule has 3 heterocycles. The zero-order valence-corrected chi connectivity index (χ0v) is 16.7. The van der Waals surface area contributed by atoms with Crippen LogP contribution in [0, 0.1) is 13.8 Å². The van der Waals surface area contributed by atoms with Crippen LogP contribution in [0.3, 0.4) is 0 Å². The number of benzene rings is 1. The highest BCUT2D eigenvalue weighted by Gasteiger charge is 2.26. The van der Waals surface area contributed by atoms with Crippen molar-refractivity contribution in [3.05, 3.63) is 46.3 Å². The van der Waals surface area contributed by atoms with E-state index in [9.17, 15) is 9.59 Å². The third kappa shape index (κ3) is 3.78. The normalized spacial score (nSPS) is 17.5. The number of morpholine rings is 1. The first-order chi connectivity index (χ1) is 13.9. The van der Waals surface area contributed by atoms with Gasteiger partial charge in [0.05, 0.1) is 24.5 Å². The second-order valence-electron chi connectivity index (χ2n) is 7.50. The van der Waals surface area contributed by atoms with E-state index in [1.54, 1.807) is 0 Å². The second-order valence-corrected chi connectivity index (χ2v) is 7.50. The van der Waals surface area contributed by atoms with Crippen molar-refractivity contribution in [3.63, 3.8) is 0 Å². The highest BCUT2D eigenvalue weighted by atomic mass is 16.5. The maximum absolute atomic E-state index is 12.6. The fourth-order valence-electron chi connectivity index (χ4n) is 4.05. The number of aryl methyl sites for hydroxylation is 1. The molecule has 0 radical (unpaired) electrons. The lowest BCUT2D eigenvalue weighted by Gasteiger charge is -2.29. The number of hydrogen-bond donors (Lipinski definition) is 3. The Kier molecular flexibility index (Phi) is 5.15. The number of nitrogens with one attached hydrogen (secondary N) is 2. The van der Waals surface area contributed by atoms with E-state index in [1.165, 1.54) is 0 Å². The summed E-state index contributed by atoms with van der Waals surface area (Å²) in [6, 6.07) is 6.05. The lowest BCUT2D eigenvalue weighted by Crippen LogP contribution is -2.36. The number of H-pyrrole nitrogens is 1. The van der Waals surface area contributed by atoms with Gasteiger partial charge in [-0.15, -0.1) is 0 Å². The average molecular weight is 395 g/mol. The number of aliphatic carboxylic acids is 1. The van der Waals surface area contributed by atoms with Gasteiger partial charge in [0.25, 0.3) is 5.91 Å². The number of nitrogens with zero attached hydrogens (tertiary/aromatic N) is 1. The van der Waals surface area contributed by atoms with Crippen LogP contribution in [0.15, 0.2) is 18.2 Å². The number of aromatic amines is 1. The Morgan fingerprint density at radius 1 is 1.28 bits per heavy atom. The third-order valence-electron chi connectivity index (χ3n) is 5.67. The minimum absolute atomic E-state index is 0.0865. The van der Waals surface area contributed by atoms with Gasteiger partial charge in [-0.1, -0.05) is 6.07 Å². The number of anilines is 2. The van der Waals surface area contributed by atoms with Crippen molar-refractivity contribution in [3.8, 4) is 0 Å². The van der Waals surface area contributed by atoms with Gasteiger partial charge in [-0.05, 0) is 49.6 Å². The summed E-state index contributed by atoms with van der Waals surface area (Å²) in [5.74, 6) is -0.942. The highest BCUT2D eigenvalue weighted by molar-refractivity contribution is 6.35. The van der Waals surface area contributed by atoms with Crippen molar-refractivity contribution >= 4 is 34.9 Å². The number of carbonyl (C=O) groups is 2. The Labute approximate surface area is 169 Å². The molecule has 1 aromatic carbocycles. The molecule has 3 N–H and O–H groups in total. The molecule has 0 spiro atoms. The average Bonchev–Trinajstić information content (AvgIpc) is 3.16. The van der Waals surface area contributed by atoms with Crippen molar-refractivity contribution in [1.82, 2.24) is 4.98 Å². The fraction of sp³-hybridized carbons (Fsp3) is 0.364. The largest absolute Gasteiger partial charge is 0.481 e. The van der Waals surface area contributed by atoms with E-state index in [2.05, 4.69) is 15.2 Å². The van der Waals surface area contributed by atoms with E-state index in [4.69, 9.17) is 9.84 Å². The third-order valence-corrected chi connectivity index (χ3v) is 5.67. The Bertz CT molecular complexity index is 1000. The number of ether oxygens (including phenoxy) is 1. The zero-order valence-electron chi connectivity index (χ0n) is 16.7. The monoisotopic (exact) mass is 395 g/mol. The Morgan fingerprint density at radius 2 is 2.03 bits per heavy atom. The van der Waals surface area contributed by atoms with Gasteiger partial charge in [0.2, 0.25) is 0 Å². The molecule has 0 unspecified atom stereocenters. The number of hydrogen-bond acceptors (Lipinski definition) is 4. The minimum atomic E-state index is -0.815. The summed E-state index contributed by atoms with van der Waals surface area (Å²) in [4.78, 5) is 29.1. The van der Waals surface area contributed by atoms with Crippen molar-refractivity contribution in [2.75, 3.05) is 36.5 Å². The fourth-order valence-corrected chi connectivity index (χ4v) is 4.05. The van der Waals surface area contributed by atoms with Gasteiger partial charge in [-0.3, -0.25) is 9.59 Å². The SMILES string of the molecule is Cc1[nH]c(/C=C2\C(=O)Nc3cc(N4CCOCC4)ccc32)c(C)c1CCC(=O)O. The van der Waals surface area contributed by atoms with Crippen LogP contribution < -0.4 is 10.2 Å². The van der Waals surface area contributed by atoms with Crippen LogP contribution in [0.25, 0.3) is 11.6 Å². The molecule has 7 heteroatoms. The molecule has 2 aromatic rings. The molecule has 1 aromatic heterocycles. The van der Waals surface area contributed by atoms with Crippen LogP contribution in [0.5, 0.6) is 0 Å². The van der Waals surface area contributed by atoms with Gasteiger partial charge >= 0.3 is 5.97 Å². The number of rotatable bonds is 5. The van der Waals surface area contributed by atoms with E-state index in [0.29, 0.717) is 25.2 Å². The standard InChI is InChI=1S/C22H25N3O4/c1-13-16(5-6-21(26)27)14(2)23-19(13)12-18-17-4-3-15(11-20(17)24-22(18)28)25-7-9-29-10-8-25/h3-4,11-12,23H,5-10H2,1-2H3,(H,24,28)(H,26,27)/b18-12-. The molecule has 0 saturated carbocycles. The summed E-state index contributed by atoms with van der Waals surface area (Å²) >= 11 is 0. The molecular weight excluding hydrogens is 370 g/mol. The van der Waals surface area contributed by atoms with Crippen molar-refractivity contribution < 1.29 is 19.4 Å². The predicted octanol–water partition coefficient (Wildman–Crippen LogP) is 2.98. The lowest BCUT2D eigenvalue weighted by atomic mass is 10.0. The lowest BCUT2D eigenvalue weighted by molar-refractivity contribution is -0.137. The molecule has 7 nitrogen and oxygen atoms in total. The van der Waals surface area contributed by atoms with Crippen LogP contribution in [0.1, 0.15) is 34.5 Å². The first-order valence-corrected chi connectivity index (χ1v) is 9.84. The topological polar surface area (TPSA) is 94.7 Å². The van der Waals surface area contributed by atoms with Gasteiger partial charge in [-0.25, -0.2) is 0 Å². The molecule has 1 fully saturated rings. The Morgan fingerprint density at radius 3 is 2.76 bits per heavy atom. The summed E-state index contributed by atoms with van der Waals surface area (Å²) < 4.78 is 5.41. The molecule has 2 aliphatic heterocycles. The Balaban J connectivity index is 1.64. The number of fused-ring (bicyclic) bond motifs is 1. The predicted molar refractivity (Wildman–Crippen MR) is 112 cm³/mol. The van der Waals surface area contributed by atoms with Crippen molar-refractivity contribution in [1.29, 1.82) is 0 Å². The van der Waals surface area contributed by atoms with Gasteiger partial charge in [0.15, 0.2) is 0 Å². The van der Waals surface area contributed by atoms with E-state index in [0.717, 1.165) is 52.5 Å². The summed E-state index contributed by atoms with van der Waals surface area (Å²) in [6.45, 7) is 7.01. The zero-order chi connectivity index (χ0) is 20.5. The first-order valence-electron chi connectivity index (χ1n) is 9.84. The summed E-state index contributed by atoms with van der Waals surface area (Å²) in [6.07, 6.45) is 2.42.